The molecule has 3 N–H and O–H groups in total. The normalized spacial score (nSPS) is 13.5. The van der Waals surface area contributed by atoms with Gasteiger partial charge in [0.05, 0.1) is 0 Å². The lowest BCUT2D eigenvalue weighted by Gasteiger charge is -2.07. The monoisotopic (exact) mass is 152 g/mol. The van der Waals surface area contributed by atoms with Crippen LogP contribution in [0.2, 0.25) is 0 Å². The quantitative estimate of drug-likeness (QED) is 0.669. The van der Waals surface area contributed by atoms with E-state index in [1.54, 1.807) is 0 Å². The molecule has 1 aromatic rings. The van der Waals surface area contributed by atoms with Crippen molar-refractivity contribution < 1.29 is 0 Å². The number of nitrogens with one attached hydrogen (secondary N) is 1. The zero-order chi connectivity index (χ0) is 8.43. The van der Waals surface area contributed by atoms with Gasteiger partial charge < -0.3 is 10.7 Å². The van der Waals surface area contributed by atoms with Crippen molar-refractivity contribution in [2.24, 2.45) is 5.73 Å². The van der Waals surface area contributed by atoms with Gasteiger partial charge in [0.15, 0.2) is 0 Å². The molecule has 0 fully saturated rings. The van der Waals surface area contributed by atoms with Crippen LogP contribution in [0.1, 0.15) is 36.3 Å². The Labute approximate surface area is 67.8 Å². The highest BCUT2D eigenvalue weighted by Crippen LogP contribution is 2.17. The minimum atomic E-state index is 0.170. The summed E-state index contributed by atoms with van der Waals surface area (Å²) in [6.45, 7) is 6.24. The molecule has 0 spiro atoms. The first-order valence-electron chi connectivity index (χ1n) is 4.06. The van der Waals surface area contributed by atoms with E-state index in [1.165, 1.54) is 17.0 Å². The summed E-state index contributed by atoms with van der Waals surface area (Å²) in [4.78, 5) is 3.27. The van der Waals surface area contributed by atoms with Gasteiger partial charge in [-0.1, -0.05) is 6.92 Å². The molecule has 1 atom stereocenters. The molecule has 2 nitrogen and oxygen atoms in total. The fourth-order valence-electron chi connectivity index (χ4n) is 1.34. The number of hydrogen-bond acceptors (Lipinski definition) is 1. The Morgan fingerprint density at radius 1 is 1.55 bits per heavy atom. The number of H-pyrrole nitrogens is 1. The molecular weight excluding hydrogens is 136 g/mol. The maximum atomic E-state index is 5.88. The Kier molecular flexibility index (Phi) is 2.35. The Bertz CT molecular complexity index is 238. The summed E-state index contributed by atoms with van der Waals surface area (Å²) in [6.07, 6.45) is 0.987. The minimum Gasteiger partial charge on any atom is -0.361 e. The summed E-state index contributed by atoms with van der Waals surface area (Å²) in [7, 11) is 0. The fraction of sp³-hybridized carbons (Fsp3) is 0.556. The molecular formula is C9H16N2. The Morgan fingerprint density at radius 3 is 2.55 bits per heavy atom. The van der Waals surface area contributed by atoms with Crippen LogP contribution in [-0.2, 0) is 0 Å². The lowest BCUT2D eigenvalue weighted by molar-refractivity contribution is 0.674. The van der Waals surface area contributed by atoms with E-state index in [4.69, 9.17) is 5.73 Å². The smallest absolute Gasteiger partial charge is 0.0447 e. The molecule has 1 aromatic heterocycles. The van der Waals surface area contributed by atoms with Crippen LogP contribution >= 0.6 is 0 Å². The highest BCUT2D eigenvalue weighted by atomic mass is 14.8. The molecule has 11 heavy (non-hydrogen) atoms. The third-order valence-electron chi connectivity index (χ3n) is 2.00. The van der Waals surface area contributed by atoms with E-state index >= 15 is 0 Å². The molecule has 0 bridgehead atoms. The summed E-state index contributed by atoms with van der Waals surface area (Å²) < 4.78 is 0. The Morgan fingerprint density at radius 2 is 2.18 bits per heavy atom. The minimum absolute atomic E-state index is 0.170. The van der Waals surface area contributed by atoms with Crippen molar-refractivity contribution >= 4 is 0 Å². The molecule has 0 radical (unpaired) electrons. The van der Waals surface area contributed by atoms with Crippen molar-refractivity contribution in [3.8, 4) is 0 Å². The highest BCUT2D eigenvalue weighted by molar-refractivity contribution is 5.26. The molecule has 0 aromatic carbocycles. The Balaban J connectivity index is 2.93. The topological polar surface area (TPSA) is 41.8 Å². The maximum Gasteiger partial charge on any atom is 0.0447 e. The predicted octanol–water partition coefficient (Wildman–Crippen LogP) is 2.04. The molecule has 0 aliphatic heterocycles. The fourth-order valence-corrected chi connectivity index (χ4v) is 1.34. The zero-order valence-electron chi connectivity index (χ0n) is 7.44. The lowest BCUT2D eigenvalue weighted by atomic mass is 10.1. The number of rotatable bonds is 2. The van der Waals surface area contributed by atoms with Gasteiger partial charge >= 0.3 is 0 Å². The van der Waals surface area contributed by atoms with Gasteiger partial charge in [-0.25, -0.2) is 0 Å². The summed E-state index contributed by atoms with van der Waals surface area (Å²) in [5, 5.41) is 0. The van der Waals surface area contributed by atoms with E-state index in [9.17, 15) is 0 Å². The lowest BCUT2D eigenvalue weighted by Crippen LogP contribution is -2.10. The van der Waals surface area contributed by atoms with Crippen LogP contribution in [0.3, 0.4) is 0 Å². The van der Waals surface area contributed by atoms with E-state index in [1.807, 2.05) is 0 Å². The van der Waals surface area contributed by atoms with Gasteiger partial charge in [-0.2, -0.15) is 0 Å². The van der Waals surface area contributed by atoms with Crippen molar-refractivity contribution in [3.63, 3.8) is 0 Å². The maximum absolute atomic E-state index is 5.88. The molecule has 2 heteroatoms. The number of aromatic nitrogens is 1. The van der Waals surface area contributed by atoms with E-state index < -0.39 is 0 Å². The largest absolute Gasteiger partial charge is 0.361 e. The second kappa shape index (κ2) is 3.09. The first-order chi connectivity index (χ1) is 5.15. The molecule has 62 valence electrons. The molecule has 0 amide bonds. The predicted molar refractivity (Wildman–Crippen MR) is 47.5 cm³/mol. The molecule has 1 heterocycles. The third kappa shape index (κ3) is 1.63. The molecule has 0 saturated carbocycles. The average Bonchev–Trinajstić information content (AvgIpc) is 2.28. The van der Waals surface area contributed by atoms with Crippen molar-refractivity contribution in [1.82, 2.24) is 4.98 Å². The van der Waals surface area contributed by atoms with Crippen LogP contribution in [-0.4, -0.2) is 4.98 Å². The highest BCUT2D eigenvalue weighted by Gasteiger charge is 2.08. The number of aromatic amines is 1. The SMILES string of the molecule is CC[C@@H](N)c1[nH]c(C)cc1C. The van der Waals surface area contributed by atoms with Crippen molar-refractivity contribution in [3.05, 3.63) is 23.0 Å². The zero-order valence-corrected chi connectivity index (χ0v) is 7.44. The standard InChI is InChI=1S/C9H16N2/c1-4-8(10)9-6(2)5-7(3)11-9/h5,8,11H,4,10H2,1-3H3/t8-/m1/s1. The van der Waals surface area contributed by atoms with Gasteiger partial charge in [-0.05, 0) is 31.9 Å². The van der Waals surface area contributed by atoms with E-state index in [2.05, 4.69) is 31.8 Å². The molecule has 0 aliphatic carbocycles. The first kappa shape index (κ1) is 8.34. The summed E-state index contributed by atoms with van der Waals surface area (Å²) >= 11 is 0. The van der Waals surface area contributed by atoms with Crippen molar-refractivity contribution in [1.29, 1.82) is 0 Å². The van der Waals surface area contributed by atoms with Gasteiger partial charge in [-0.15, -0.1) is 0 Å². The van der Waals surface area contributed by atoms with Gasteiger partial charge in [0.2, 0.25) is 0 Å². The first-order valence-corrected chi connectivity index (χ1v) is 4.06. The van der Waals surface area contributed by atoms with E-state index in [-0.39, 0.29) is 6.04 Å². The third-order valence-corrected chi connectivity index (χ3v) is 2.00. The number of hydrogen-bond donors (Lipinski definition) is 2. The average molecular weight is 152 g/mol. The van der Waals surface area contributed by atoms with Gasteiger partial charge in [0, 0.05) is 17.4 Å². The number of aryl methyl sites for hydroxylation is 2. The molecule has 1 rings (SSSR count). The molecule has 0 aliphatic rings. The molecule has 0 saturated heterocycles. The Hall–Kier alpha value is -0.760. The van der Waals surface area contributed by atoms with Crippen LogP contribution in [0.15, 0.2) is 6.07 Å². The van der Waals surface area contributed by atoms with Crippen molar-refractivity contribution in [2.75, 3.05) is 0 Å². The van der Waals surface area contributed by atoms with Gasteiger partial charge in [-0.3, -0.25) is 0 Å². The summed E-state index contributed by atoms with van der Waals surface area (Å²) in [5.41, 5.74) is 9.53. The second-order valence-corrected chi connectivity index (χ2v) is 3.06. The van der Waals surface area contributed by atoms with Crippen molar-refractivity contribution in [2.45, 2.75) is 33.2 Å². The summed E-state index contributed by atoms with van der Waals surface area (Å²) in [5.74, 6) is 0. The summed E-state index contributed by atoms with van der Waals surface area (Å²) in [6, 6.07) is 2.30. The second-order valence-electron chi connectivity index (χ2n) is 3.06. The van der Waals surface area contributed by atoms with E-state index in [0.29, 0.717) is 0 Å². The van der Waals surface area contributed by atoms with Crippen LogP contribution in [0.25, 0.3) is 0 Å². The van der Waals surface area contributed by atoms with Crippen LogP contribution in [0, 0.1) is 13.8 Å². The van der Waals surface area contributed by atoms with Crippen LogP contribution in [0.4, 0.5) is 0 Å². The van der Waals surface area contributed by atoms with Crippen LogP contribution < -0.4 is 5.73 Å². The van der Waals surface area contributed by atoms with Gasteiger partial charge in [0.1, 0.15) is 0 Å². The van der Waals surface area contributed by atoms with Crippen LogP contribution in [0.5, 0.6) is 0 Å². The molecule has 0 unspecified atom stereocenters. The van der Waals surface area contributed by atoms with E-state index in [0.717, 1.165) is 6.42 Å². The number of nitrogens with two attached hydrogens (primary N) is 1. The van der Waals surface area contributed by atoms with Gasteiger partial charge in [0.25, 0.3) is 0 Å².